The van der Waals surface area contributed by atoms with Crippen molar-refractivity contribution >= 4 is 29.9 Å². The van der Waals surface area contributed by atoms with Gasteiger partial charge in [-0.15, -0.1) is 24.0 Å². The predicted molar refractivity (Wildman–Crippen MR) is 134 cm³/mol. The molecule has 2 aromatic carbocycles. The molecule has 0 radical (unpaired) electrons. The molecule has 0 bridgehead atoms. The summed E-state index contributed by atoms with van der Waals surface area (Å²) in [7, 11) is 3.80. The fraction of sp³-hybridized carbons (Fsp3) is 0.458. The van der Waals surface area contributed by atoms with E-state index in [2.05, 4.69) is 60.6 Å². The molecule has 1 saturated heterocycles. The Morgan fingerprint density at radius 3 is 2.37 bits per heavy atom. The average molecular weight is 523 g/mol. The van der Waals surface area contributed by atoms with Crippen LogP contribution in [0, 0.1) is 0 Å². The normalized spacial score (nSPS) is 15.8. The molecule has 0 unspecified atom stereocenters. The first-order valence-electron chi connectivity index (χ1n) is 10.4. The van der Waals surface area contributed by atoms with Gasteiger partial charge in [-0.3, -0.25) is 4.99 Å². The van der Waals surface area contributed by atoms with E-state index in [9.17, 15) is 0 Å². The van der Waals surface area contributed by atoms with Gasteiger partial charge in [0.25, 0.3) is 0 Å². The first-order chi connectivity index (χ1) is 14.2. The van der Waals surface area contributed by atoms with Crippen molar-refractivity contribution in [3.05, 3.63) is 65.7 Å². The summed E-state index contributed by atoms with van der Waals surface area (Å²) in [4.78, 5) is 7.26. The molecule has 164 valence electrons. The molecule has 5 nitrogen and oxygen atoms in total. The SMILES string of the molecule is CCNC(=NCC1(c2ccc(OC)cc2)CCOCC1)N(C)Cc1ccccc1.I. The number of benzene rings is 2. The molecular formula is C24H34IN3O2. The lowest BCUT2D eigenvalue weighted by Gasteiger charge is -2.37. The molecule has 30 heavy (non-hydrogen) atoms. The number of guanidine groups is 1. The van der Waals surface area contributed by atoms with E-state index in [0.29, 0.717) is 0 Å². The maximum absolute atomic E-state index is 5.67. The maximum atomic E-state index is 5.67. The molecule has 0 saturated carbocycles. The van der Waals surface area contributed by atoms with E-state index in [1.54, 1.807) is 7.11 Å². The van der Waals surface area contributed by atoms with Gasteiger partial charge >= 0.3 is 0 Å². The first-order valence-corrected chi connectivity index (χ1v) is 10.4. The number of aliphatic imine (C=N–C) groups is 1. The minimum Gasteiger partial charge on any atom is -0.497 e. The van der Waals surface area contributed by atoms with Crippen molar-refractivity contribution in [1.82, 2.24) is 10.2 Å². The highest BCUT2D eigenvalue weighted by atomic mass is 127. The van der Waals surface area contributed by atoms with Gasteiger partial charge in [-0.1, -0.05) is 42.5 Å². The van der Waals surface area contributed by atoms with Gasteiger partial charge in [0.15, 0.2) is 5.96 Å². The van der Waals surface area contributed by atoms with Crippen LogP contribution in [-0.2, 0) is 16.7 Å². The van der Waals surface area contributed by atoms with E-state index in [4.69, 9.17) is 14.5 Å². The lowest BCUT2D eigenvalue weighted by Crippen LogP contribution is -2.41. The molecular weight excluding hydrogens is 489 g/mol. The van der Waals surface area contributed by atoms with Crippen molar-refractivity contribution in [3.8, 4) is 5.75 Å². The summed E-state index contributed by atoms with van der Waals surface area (Å²) in [5, 5.41) is 3.45. The number of nitrogens with zero attached hydrogens (tertiary/aromatic N) is 2. The summed E-state index contributed by atoms with van der Waals surface area (Å²) in [6.45, 7) is 6.07. The summed E-state index contributed by atoms with van der Waals surface area (Å²) in [5.74, 6) is 1.83. The van der Waals surface area contributed by atoms with E-state index in [0.717, 1.165) is 57.4 Å². The molecule has 1 aliphatic rings. The second-order valence-corrected chi connectivity index (χ2v) is 7.63. The van der Waals surface area contributed by atoms with Gasteiger partial charge in [-0.05, 0) is 43.0 Å². The smallest absolute Gasteiger partial charge is 0.193 e. The van der Waals surface area contributed by atoms with Crippen LogP contribution in [0.5, 0.6) is 5.75 Å². The summed E-state index contributed by atoms with van der Waals surface area (Å²) >= 11 is 0. The topological polar surface area (TPSA) is 46.1 Å². The van der Waals surface area contributed by atoms with Gasteiger partial charge in [0, 0.05) is 38.8 Å². The van der Waals surface area contributed by atoms with Crippen LogP contribution in [0.4, 0.5) is 0 Å². The Balaban J connectivity index is 0.00000320. The Bertz CT molecular complexity index is 775. The Morgan fingerprint density at radius 2 is 1.77 bits per heavy atom. The van der Waals surface area contributed by atoms with Crippen molar-refractivity contribution in [1.29, 1.82) is 0 Å². The zero-order valence-corrected chi connectivity index (χ0v) is 20.6. The summed E-state index contributed by atoms with van der Waals surface area (Å²) in [5.41, 5.74) is 2.59. The largest absolute Gasteiger partial charge is 0.497 e. The fourth-order valence-corrected chi connectivity index (χ4v) is 3.87. The van der Waals surface area contributed by atoms with Crippen LogP contribution in [0.25, 0.3) is 0 Å². The molecule has 1 aliphatic heterocycles. The van der Waals surface area contributed by atoms with E-state index in [1.807, 2.05) is 18.2 Å². The highest BCUT2D eigenvalue weighted by Gasteiger charge is 2.34. The molecule has 1 fully saturated rings. The van der Waals surface area contributed by atoms with Crippen molar-refractivity contribution in [3.63, 3.8) is 0 Å². The molecule has 0 spiro atoms. The maximum Gasteiger partial charge on any atom is 0.193 e. The van der Waals surface area contributed by atoms with Gasteiger partial charge in [-0.25, -0.2) is 0 Å². The number of methoxy groups -OCH3 is 1. The number of halogens is 1. The molecule has 0 aliphatic carbocycles. The quantitative estimate of drug-likeness (QED) is 0.331. The summed E-state index contributed by atoms with van der Waals surface area (Å²) < 4.78 is 11.0. The number of rotatable bonds is 7. The lowest BCUT2D eigenvalue weighted by molar-refractivity contribution is 0.0530. The number of ether oxygens (including phenoxy) is 2. The molecule has 0 amide bonds. The third-order valence-corrected chi connectivity index (χ3v) is 5.64. The Morgan fingerprint density at radius 1 is 1.10 bits per heavy atom. The van der Waals surface area contributed by atoms with Gasteiger partial charge in [0.05, 0.1) is 13.7 Å². The van der Waals surface area contributed by atoms with E-state index in [1.165, 1.54) is 11.1 Å². The highest BCUT2D eigenvalue weighted by Crippen LogP contribution is 2.36. The van der Waals surface area contributed by atoms with Gasteiger partial charge in [0.2, 0.25) is 0 Å². The molecule has 3 rings (SSSR count). The second-order valence-electron chi connectivity index (χ2n) is 7.63. The minimum atomic E-state index is -0.00121. The van der Waals surface area contributed by atoms with Crippen LogP contribution in [0.15, 0.2) is 59.6 Å². The van der Waals surface area contributed by atoms with Crippen LogP contribution in [-0.4, -0.2) is 51.3 Å². The first kappa shape index (κ1) is 24.5. The van der Waals surface area contributed by atoms with Crippen LogP contribution in [0.3, 0.4) is 0 Å². The summed E-state index contributed by atoms with van der Waals surface area (Å²) in [6.07, 6.45) is 1.95. The van der Waals surface area contributed by atoms with Crippen molar-refractivity contribution < 1.29 is 9.47 Å². The third-order valence-electron chi connectivity index (χ3n) is 5.64. The lowest BCUT2D eigenvalue weighted by atomic mass is 9.74. The van der Waals surface area contributed by atoms with Gasteiger partial charge < -0.3 is 19.7 Å². The minimum absolute atomic E-state index is 0. The Labute approximate surface area is 197 Å². The molecule has 1 heterocycles. The second kappa shape index (κ2) is 12.2. The van der Waals surface area contributed by atoms with E-state index >= 15 is 0 Å². The van der Waals surface area contributed by atoms with Gasteiger partial charge in [0.1, 0.15) is 5.75 Å². The molecule has 0 atom stereocenters. The zero-order chi connectivity index (χ0) is 20.5. The van der Waals surface area contributed by atoms with Crippen molar-refractivity contribution in [2.45, 2.75) is 31.7 Å². The van der Waals surface area contributed by atoms with Crippen molar-refractivity contribution in [2.75, 3.05) is 40.5 Å². The van der Waals surface area contributed by atoms with Crippen LogP contribution in [0.2, 0.25) is 0 Å². The van der Waals surface area contributed by atoms with Crippen LogP contribution in [0.1, 0.15) is 30.9 Å². The van der Waals surface area contributed by atoms with Crippen LogP contribution >= 0.6 is 24.0 Å². The zero-order valence-electron chi connectivity index (χ0n) is 18.3. The summed E-state index contributed by atoms with van der Waals surface area (Å²) in [6, 6.07) is 19.0. The average Bonchev–Trinajstić information content (AvgIpc) is 2.78. The molecule has 0 aromatic heterocycles. The van der Waals surface area contributed by atoms with Crippen LogP contribution < -0.4 is 10.1 Å². The standard InChI is InChI=1S/C24H33N3O2.HI/c1-4-25-23(27(2)18-20-8-6-5-7-9-20)26-19-24(14-16-29-17-15-24)21-10-12-22(28-3)13-11-21;/h5-13H,4,14-19H2,1-3H3,(H,25,26);1H. The number of hydrogen-bond donors (Lipinski definition) is 1. The van der Waals surface area contributed by atoms with E-state index < -0.39 is 0 Å². The molecule has 2 aromatic rings. The third kappa shape index (κ3) is 6.35. The molecule has 1 N–H and O–H groups in total. The number of hydrogen-bond acceptors (Lipinski definition) is 3. The molecule has 6 heteroatoms. The van der Waals surface area contributed by atoms with E-state index in [-0.39, 0.29) is 29.4 Å². The fourth-order valence-electron chi connectivity index (χ4n) is 3.87. The van der Waals surface area contributed by atoms with Crippen molar-refractivity contribution in [2.24, 2.45) is 4.99 Å². The Kier molecular flexibility index (Phi) is 9.91. The highest BCUT2D eigenvalue weighted by molar-refractivity contribution is 14.0. The predicted octanol–water partition coefficient (Wildman–Crippen LogP) is 4.46. The Hall–Kier alpha value is -1.80. The van der Waals surface area contributed by atoms with Gasteiger partial charge in [-0.2, -0.15) is 0 Å². The monoisotopic (exact) mass is 523 g/mol. The number of nitrogens with one attached hydrogen (secondary N) is 1.